The molecule has 1 unspecified atom stereocenters. The molecule has 0 aliphatic carbocycles. The number of aromatic nitrogens is 2. The lowest BCUT2D eigenvalue weighted by Gasteiger charge is -2.33. The van der Waals surface area contributed by atoms with Crippen molar-refractivity contribution in [2.45, 2.75) is 6.04 Å². The van der Waals surface area contributed by atoms with Gasteiger partial charge in [-0.1, -0.05) is 11.6 Å². The van der Waals surface area contributed by atoms with Crippen molar-refractivity contribution in [3.05, 3.63) is 53.7 Å². The van der Waals surface area contributed by atoms with E-state index in [1.54, 1.807) is 12.6 Å². The number of nitrogens with one attached hydrogen (secondary N) is 1. The Balaban J connectivity index is 1.58. The SMILES string of the molecule is Clc1ccc2ncnc(NCC(c3ccco3)N3CCOCC3)c2c1. The van der Waals surface area contributed by atoms with E-state index in [0.717, 1.165) is 48.8 Å². The number of ether oxygens (including phenoxy) is 1. The largest absolute Gasteiger partial charge is 0.468 e. The van der Waals surface area contributed by atoms with E-state index in [1.165, 1.54) is 0 Å². The van der Waals surface area contributed by atoms with Gasteiger partial charge in [0.25, 0.3) is 0 Å². The normalized spacial score (nSPS) is 16.8. The minimum absolute atomic E-state index is 0.114. The molecule has 1 aliphatic heterocycles. The first-order chi connectivity index (χ1) is 12.3. The number of fused-ring (bicyclic) bond motifs is 1. The Labute approximate surface area is 150 Å². The molecular formula is C18H19ClN4O2. The number of halogens is 1. The summed E-state index contributed by atoms with van der Waals surface area (Å²) >= 11 is 6.14. The summed E-state index contributed by atoms with van der Waals surface area (Å²) in [4.78, 5) is 11.1. The lowest BCUT2D eigenvalue weighted by Crippen LogP contribution is -2.41. The van der Waals surface area contributed by atoms with Crippen molar-refractivity contribution in [3.8, 4) is 0 Å². The number of hydrogen-bond acceptors (Lipinski definition) is 6. The fourth-order valence-corrected chi connectivity index (χ4v) is 3.31. The summed E-state index contributed by atoms with van der Waals surface area (Å²) in [5.41, 5.74) is 0.864. The molecule has 0 saturated carbocycles. The van der Waals surface area contributed by atoms with E-state index in [4.69, 9.17) is 20.8 Å². The highest BCUT2D eigenvalue weighted by Gasteiger charge is 2.25. The van der Waals surface area contributed by atoms with Crippen LogP contribution in [0, 0.1) is 0 Å². The van der Waals surface area contributed by atoms with E-state index in [2.05, 4.69) is 20.2 Å². The molecule has 0 bridgehead atoms. The lowest BCUT2D eigenvalue weighted by molar-refractivity contribution is 0.0144. The molecule has 6 nitrogen and oxygen atoms in total. The van der Waals surface area contributed by atoms with Crippen molar-refractivity contribution in [1.82, 2.24) is 14.9 Å². The van der Waals surface area contributed by atoms with Crippen molar-refractivity contribution >= 4 is 28.3 Å². The van der Waals surface area contributed by atoms with Crippen LogP contribution in [0.4, 0.5) is 5.82 Å². The molecule has 25 heavy (non-hydrogen) atoms. The Morgan fingerprint density at radius 3 is 2.88 bits per heavy atom. The van der Waals surface area contributed by atoms with Crippen LogP contribution in [-0.4, -0.2) is 47.7 Å². The van der Waals surface area contributed by atoms with Crippen LogP contribution in [0.2, 0.25) is 5.02 Å². The first-order valence-electron chi connectivity index (χ1n) is 8.30. The van der Waals surface area contributed by atoms with Gasteiger partial charge >= 0.3 is 0 Å². The van der Waals surface area contributed by atoms with Gasteiger partial charge in [-0.05, 0) is 30.3 Å². The molecule has 3 heterocycles. The molecule has 0 amide bonds. The quantitative estimate of drug-likeness (QED) is 0.754. The number of hydrogen-bond donors (Lipinski definition) is 1. The van der Waals surface area contributed by atoms with Crippen molar-refractivity contribution in [2.75, 3.05) is 38.2 Å². The fourth-order valence-electron chi connectivity index (χ4n) is 3.14. The molecule has 3 aromatic rings. The van der Waals surface area contributed by atoms with Crippen LogP contribution in [-0.2, 0) is 4.74 Å². The topological polar surface area (TPSA) is 63.4 Å². The highest BCUT2D eigenvalue weighted by molar-refractivity contribution is 6.31. The molecule has 2 aromatic heterocycles. The Bertz CT molecular complexity index is 834. The minimum Gasteiger partial charge on any atom is -0.468 e. The molecule has 1 N–H and O–H groups in total. The van der Waals surface area contributed by atoms with Gasteiger partial charge in [0.2, 0.25) is 0 Å². The zero-order valence-electron chi connectivity index (χ0n) is 13.7. The molecule has 7 heteroatoms. The van der Waals surface area contributed by atoms with Gasteiger partial charge in [-0.15, -0.1) is 0 Å². The summed E-state index contributed by atoms with van der Waals surface area (Å²) in [5, 5.41) is 5.03. The Hall–Kier alpha value is -2.15. The average Bonchev–Trinajstić information content (AvgIpc) is 3.17. The molecular weight excluding hydrogens is 340 g/mol. The predicted octanol–water partition coefficient (Wildman–Crippen LogP) is 3.36. The summed E-state index contributed by atoms with van der Waals surface area (Å²) in [6.45, 7) is 3.91. The Morgan fingerprint density at radius 2 is 2.08 bits per heavy atom. The maximum absolute atomic E-state index is 6.14. The molecule has 130 valence electrons. The highest BCUT2D eigenvalue weighted by Crippen LogP contribution is 2.26. The predicted molar refractivity (Wildman–Crippen MR) is 96.9 cm³/mol. The minimum atomic E-state index is 0.114. The van der Waals surface area contributed by atoms with Gasteiger partial charge in [-0.25, -0.2) is 9.97 Å². The second kappa shape index (κ2) is 7.39. The van der Waals surface area contributed by atoms with Crippen LogP contribution in [0.1, 0.15) is 11.8 Å². The Kier molecular flexibility index (Phi) is 4.83. The van der Waals surface area contributed by atoms with Gasteiger partial charge in [-0.3, -0.25) is 4.90 Å². The fraction of sp³-hybridized carbons (Fsp3) is 0.333. The van der Waals surface area contributed by atoms with Gasteiger partial charge in [0.1, 0.15) is 17.9 Å². The summed E-state index contributed by atoms with van der Waals surface area (Å²) in [7, 11) is 0. The zero-order valence-corrected chi connectivity index (χ0v) is 14.4. The Morgan fingerprint density at radius 1 is 1.20 bits per heavy atom. The summed E-state index contributed by atoms with van der Waals surface area (Å²) in [6.07, 6.45) is 3.28. The molecule has 1 atom stereocenters. The van der Waals surface area contributed by atoms with Crippen molar-refractivity contribution < 1.29 is 9.15 Å². The van der Waals surface area contributed by atoms with Crippen molar-refractivity contribution in [2.24, 2.45) is 0 Å². The van der Waals surface area contributed by atoms with E-state index in [9.17, 15) is 0 Å². The van der Waals surface area contributed by atoms with Gasteiger partial charge in [0.15, 0.2) is 0 Å². The van der Waals surface area contributed by atoms with Crippen molar-refractivity contribution in [3.63, 3.8) is 0 Å². The van der Waals surface area contributed by atoms with Crippen LogP contribution in [0.5, 0.6) is 0 Å². The molecule has 0 radical (unpaired) electrons. The summed E-state index contributed by atoms with van der Waals surface area (Å²) < 4.78 is 11.1. The zero-order chi connectivity index (χ0) is 17.1. The third kappa shape index (κ3) is 3.61. The third-order valence-corrected chi connectivity index (χ3v) is 4.65. The smallest absolute Gasteiger partial charge is 0.137 e. The molecule has 1 aliphatic rings. The molecule has 0 spiro atoms. The standard InChI is InChI=1S/C18H19ClN4O2/c19-13-3-4-15-14(10-13)18(22-12-21-15)20-11-16(17-2-1-7-25-17)23-5-8-24-9-6-23/h1-4,7,10,12,16H,5-6,8-9,11H2,(H,20,21,22). The number of morpholine rings is 1. The van der Waals surface area contributed by atoms with Crippen LogP contribution in [0.25, 0.3) is 10.9 Å². The number of furan rings is 1. The maximum atomic E-state index is 6.14. The second-order valence-corrected chi connectivity index (χ2v) is 6.38. The molecule has 1 saturated heterocycles. The highest BCUT2D eigenvalue weighted by atomic mass is 35.5. The van der Waals surface area contributed by atoms with Gasteiger partial charge in [0.05, 0.1) is 31.0 Å². The summed E-state index contributed by atoms with van der Waals surface area (Å²) in [6, 6.07) is 9.66. The van der Waals surface area contributed by atoms with Crippen molar-refractivity contribution in [1.29, 1.82) is 0 Å². The monoisotopic (exact) mass is 358 g/mol. The molecule has 1 fully saturated rings. The van der Waals surface area contributed by atoms with Crippen LogP contribution in [0.3, 0.4) is 0 Å². The van der Waals surface area contributed by atoms with E-state index in [-0.39, 0.29) is 6.04 Å². The number of rotatable bonds is 5. The lowest BCUT2D eigenvalue weighted by atomic mass is 10.1. The van der Waals surface area contributed by atoms with E-state index < -0.39 is 0 Å². The maximum Gasteiger partial charge on any atom is 0.137 e. The van der Waals surface area contributed by atoms with Gasteiger partial charge in [0, 0.05) is 30.0 Å². The van der Waals surface area contributed by atoms with E-state index in [1.807, 2.05) is 30.3 Å². The first-order valence-corrected chi connectivity index (χ1v) is 8.68. The summed E-state index contributed by atoms with van der Waals surface area (Å²) in [5.74, 6) is 1.71. The van der Waals surface area contributed by atoms with Gasteiger partial charge in [-0.2, -0.15) is 0 Å². The number of nitrogens with zero attached hydrogens (tertiary/aromatic N) is 3. The van der Waals surface area contributed by atoms with E-state index >= 15 is 0 Å². The number of anilines is 1. The average molecular weight is 359 g/mol. The van der Waals surface area contributed by atoms with Crippen LogP contribution >= 0.6 is 11.6 Å². The van der Waals surface area contributed by atoms with Crippen LogP contribution < -0.4 is 5.32 Å². The molecule has 4 rings (SSSR count). The number of benzene rings is 1. The third-order valence-electron chi connectivity index (χ3n) is 4.42. The first kappa shape index (κ1) is 16.3. The second-order valence-electron chi connectivity index (χ2n) is 5.94. The van der Waals surface area contributed by atoms with Gasteiger partial charge < -0.3 is 14.5 Å². The van der Waals surface area contributed by atoms with E-state index in [0.29, 0.717) is 11.6 Å². The van der Waals surface area contributed by atoms with Crippen LogP contribution in [0.15, 0.2) is 47.3 Å². The molecule has 1 aromatic carbocycles.